The fourth-order valence-corrected chi connectivity index (χ4v) is 3.19. The van der Waals surface area contributed by atoms with Gasteiger partial charge < -0.3 is 15.0 Å². The molecule has 1 saturated heterocycles. The van der Waals surface area contributed by atoms with Gasteiger partial charge in [0.25, 0.3) is 0 Å². The van der Waals surface area contributed by atoms with Gasteiger partial charge >= 0.3 is 0 Å². The van der Waals surface area contributed by atoms with Crippen molar-refractivity contribution in [1.82, 2.24) is 10.2 Å². The monoisotopic (exact) mass is 268 g/mol. The summed E-state index contributed by atoms with van der Waals surface area (Å²) < 4.78 is 5.49. The molecule has 5 heteroatoms. The summed E-state index contributed by atoms with van der Waals surface area (Å²) in [6.45, 7) is 5.53. The first-order valence-electron chi connectivity index (χ1n) is 7.12. The van der Waals surface area contributed by atoms with E-state index >= 15 is 0 Å². The predicted molar refractivity (Wildman–Crippen MR) is 71.6 cm³/mol. The molecule has 4 unspecified atom stereocenters. The van der Waals surface area contributed by atoms with Gasteiger partial charge in [-0.05, 0) is 39.5 Å². The first kappa shape index (κ1) is 14.3. The number of hydrogen-bond donors (Lipinski definition) is 1. The lowest BCUT2D eigenvalue weighted by Crippen LogP contribution is -2.71. The maximum Gasteiger partial charge on any atom is 0.249 e. The Labute approximate surface area is 114 Å². The first-order chi connectivity index (χ1) is 8.94. The Morgan fingerprint density at radius 1 is 1.42 bits per heavy atom. The minimum atomic E-state index is -0.773. The normalized spacial score (nSPS) is 39.6. The maximum atomic E-state index is 12.7. The van der Waals surface area contributed by atoms with Gasteiger partial charge in [0.2, 0.25) is 11.8 Å². The third-order valence-corrected chi connectivity index (χ3v) is 4.69. The smallest absolute Gasteiger partial charge is 0.249 e. The number of piperazine rings is 1. The summed E-state index contributed by atoms with van der Waals surface area (Å²) in [5.41, 5.74) is -0.773. The minimum Gasteiger partial charge on any atom is -0.379 e. The third-order valence-electron chi connectivity index (χ3n) is 4.69. The van der Waals surface area contributed by atoms with E-state index in [1.54, 1.807) is 18.9 Å². The van der Waals surface area contributed by atoms with Crippen LogP contribution in [0.15, 0.2) is 0 Å². The SMILES string of the molecule is CCC1(C)NC(=O)C(C)N(C2CCCC2OC)C1=O. The molecule has 0 aromatic heterocycles. The molecule has 2 rings (SSSR count). The van der Waals surface area contributed by atoms with E-state index in [-0.39, 0.29) is 24.0 Å². The summed E-state index contributed by atoms with van der Waals surface area (Å²) in [6, 6.07) is -0.378. The lowest BCUT2D eigenvalue weighted by atomic mass is 9.90. The fourth-order valence-electron chi connectivity index (χ4n) is 3.19. The first-order valence-corrected chi connectivity index (χ1v) is 7.12. The molecular formula is C14H24N2O3. The van der Waals surface area contributed by atoms with Gasteiger partial charge in [-0.3, -0.25) is 9.59 Å². The van der Waals surface area contributed by atoms with Crippen molar-refractivity contribution in [2.75, 3.05) is 7.11 Å². The Balaban J connectivity index is 2.30. The molecule has 0 aromatic carbocycles. The number of hydrogen-bond acceptors (Lipinski definition) is 3. The fraction of sp³-hybridized carbons (Fsp3) is 0.857. The summed E-state index contributed by atoms with van der Waals surface area (Å²) in [5, 5.41) is 2.86. The molecule has 1 N–H and O–H groups in total. The van der Waals surface area contributed by atoms with Gasteiger partial charge in [-0.1, -0.05) is 6.92 Å². The highest BCUT2D eigenvalue weighted by atomic mass is 16.5. The van der Waals surface area contributed by atoms with E-state index in [0.717, 1.165) is 19.3 Å². The number of carbonyl (C=O) groups excluding carboxylic acids is 2. The van der Waals surface area contributed by atoms with E-state index in [4.69, 9.17) is 4.74 Å². The Morgan fingerprint density at radius 2 is 2.11 bits per heavy atom. The highest BCUT2D eigenvalue weighted by Crippen LogP contribution is 2.32. The Bertz CT molecular complexity index is 385. The molecule has 1 aliphatic heterocycles. The van der Waals surface area contributed by atoms with E-state index in [1.165, 1.54) is 0 Å². The topological polar surface area (TPSA) is 58.6 Å². The molecule has 0 radical (unpaired) electrons. The number of ether oxygens (including phenoxy) is 1. The van der Waals surface area contributed by atoms with Gasteiger partial charge in [-0.15, -0.1) is 0 Å². The van der Waals surface area contributed by atoms with Gasteiger partial charge in [-0.25, -0.2) is 0 Å². The zero-order valence-corrected chi connectivity index (χ0v) is 12.2. The molecule has 2 amide bonds. The standard InChI is InChI=1S/C14H24N2O3/c1-5-14(3)13(18)16(9(2)12(17)15-14)10-7-6-8-11(10)19-4/h9-11H,5-8H2,1-4H3,(H,15,17). The second-order valence-electron chi connectivity index (χ2n) is 5.84. The molecule has 0 aromatic rings. The van der Waals surface area contributed by atoms with Crippen LogP contribution >= 0.6 is 0 Å². The van der Waals surface area contributed by atoms with Crippen LogP contribution in [-0.2, 0) is 14.3 Å². The quantitative estimate of drug-likeness (QED) is 0.833. The van der Waals surface area contributed by atoms with E-state index in [0.29, 0.717) is 6.42 Å². The van der Waals surface area contributed by atoms with Gasteiger partial charge in [0, 0.05) is 7.11 Å². The molecule has 108 valence electrons. The second-order valence-corrected chi connectivity index (χ2v) is 5.84. The van der Waals surface area contributed by atoms with Crippen molar-refractivity contribution in [3.8, 4) is 0 Å². The van der Waals surface area contributed by atoms with Gasteiger partial charge in [0.1, 0.15) is 11.6 Å². The molecule has 0 bridgehead atoms. The lowest BCUT2D eigenvalue weighted by molar-refractivity contribution is -0.159. The lowest BCUT2D eigenvalue weighted by Gasteiger charge is -2.46. The average molecular weight is 268 g/mol. The summed E-state index contributed by atoms with van der Waals surface area (Å²) in [5.74, 6) is -0.0400. The van der Waals surface area contributed by atoms with Crippen LogP contribution in [0.25, 0.3) is 0 Å². The van der Waals surface area contributed by atoms with Crippen molar-refractivity contribution in [2.45, 2.75) is 70.2 Å². The molecule has 2 aliphatic rings. The molecule has 1 heterocycles. The van der Waals surface area contributed by atoms with Crippen LogP contribution in [0.3, 0.4) is 0 Å². The van der Waals surface area contributed by atoms with Crippen LogP contribution in [0.5, 0.6) is 0 Å². The number of carbonyl (C=O) groups is 2. The molecule has 4 atom stereocenters. The van der Waals surface area contributed by atoms with E-state index in [9.17, 15) is 9.59 Å². The third kappa shape index (κ3) is 2.24. The van der Waals surface area contributed by atoms with Crippen LogP contribution in [0.1, 0.15) is 46.5 Å². The summed E-state index contributed by atoms with van der Waals surface area (Å²) in [6.07, 6.45) is 3.58. The van der Waals surface area contributed by atoms with Gasteiger partial charge in [0.15, 0.2) is 0 Å². The largest absolute Gasteiger partial charge is 0.379 e. The van der Waals surface area contributed by atoms with Crippen LogP contribution in [0.4, 0.5) is 0 Å². The van der Waals surface area contributed by atoms with Crippen LogP contribution in [0, 0.1) is 0 Å². The number of nitrogens with one attached hydrogen (secondary N) is 1. The number of nitrogens with zero attached hydrogens (tertiary/aromatic N) is 1. The van der Waals surface area contributed by atoms with Crippen molar-refractivity contribution < 1.29 is 14.3 Å². The van der Waals surface area contributed by atoms with Crippen LogP contribution in [0.2, 0.25) is 0 Å². The second kappa shape index (κ2) is 5.12. The Morgan fingerprint density at radius 3 is 2.68 bits per heavy atom. The van der Waals surface area contributed by atoms with E-state index in [1.807, 2.05) is 13.8 Å². The molecule has 2 fully saturated rings. The molecular weight excluding hydrogens is 244 g/mol. The van der Waals surface area contributed by atoms with Crippen molar-refractivity contribution in [3.63, 3.8) is 0 Å². The Kier molecular flexibility index (Phi) is 3.85. The molecule has 19 heavy (non-hydrogen) atoms. The van der Waals surface area contributed by atoms with E-state index in [2.05, 4.69) is 5.32 Å². The van der Waals surface area contributed by atoms with E-state index < -0.39 is 11.6 Å². The van der Waals surface area contributed by atoms with Crippen molar-refractivity contribution in [1.29, 1.82) is 0 Å². The van der Waals surface area contributed by atoms with Crippen molar-refractivity contribution in [3.05, 3.63) is 0 Å². The minimum absolute atomic E-state index is 0.0241. The summed E-state index contributed by atoms with van der Waals surface area (Å²) >= 11 is 0. The molecule has 1 aliphatic carbocycles. The Hall–Kier alpha value is -1.10. The number of methoxy groups -OCH3 is 1. The predicted octanol–water partition coefficient (Wildman–Crippen LogP) is 1.07. The zero-order chi connectivity index (χ0) is 14.2. The van der Waals surface area contributed by atoms with Crippen LogP contribution < -0.4 is 5.32 Å². The summed E-state index contributed by atoms with van der Waals surface area (Å²) in [7, 11) is 1.68. The van der Waals surface area contributed by atoms with Crippen LogP contribution in [-0.4, -0.2) is 47.6 Å². The highest BCUT2D eigenvalue weighted by molar-refractivity contribution is 5.99. The number of rotatable bonds is 3. The molecule has 1 saturated carbocycles. The molecule has 5 nitrogen and oxygen atoms in total. The zero-order valence-electron chi connectivity index (χ0n) is 12.2. The van der Waals surface area contributed by atoms with Gasteiger partial charge in [-0.2, -0.15) is 0 Å². The summed E-state index contributed by atoms with van der Waals surface area (Å²) in [4.78, 5) is 26.6. The van der Waals surface area contributed by atoms with Crippen molar-refractivity contribution in [2.24, 2.45) is 0 Å². The highest BCUT2D eigenvalue weighted by Gasteiger charge is 2.50. The number of amides is 2. The maximum absolute atomic E-state index is 12.7. The van der Waals surface area contributed by atoms with Crippen molar-refractivity contribution >= 4 is 11.8 Å². The average Bonchev–Trinajstić information content (AvgIpc) is 2.85. The molecule has 0 spiro atoms. The van der Waals surface area contributed by atoms with Gasteiger partial charge in [0.05, 0.1) is 12.1 Å².